The lowest BCUT2D eigenvalue weighted by atomic mass is 9.82. The van der Waals surface area contributed by atoms with Crippen LogP contribution < -0.4 is 5.32 Å². The number of carboxylic acid groups (broad SMARTS) is 1. The molecule has 1 heterocycles. The van der Waals surface area contributed by atoms with E-state index in [-0.39, 0.29) is 35.2 Å². The highest BCUT2D eigenvalue weighted by atomic mass is 19.1. The lowest BCUT2D eigenvalue weighted by Gasteiger charge is -2.44. The first-order valence-corrected chi connectivity index (χ1v) is 12.0. The lowest BCUT2D eigenvalue weighted by molar-refractivity contribution is -0.131. The van der Waals surface area contributed by atoms with Crippen LogP contribution >= 0.6 is 0 Å². The number of fused-ring (bicyclic) bond motifs is 1. The number of hydrogen-bond donors (Lipinski definition) is 3. The normalized spacial score (nSPS) is 18.6. The van der Waals surface area contributed by atoms with Crippen molar-refractivity contribution in [3.8, 4) is 0 Å². The molecule has 2 aromatic rings. The molecule has 9 heteroatoms. The van der Waals surface area contributed by atoms with Crippen LogP contribution in [0.5, 0.6) is 0 Å². The summed E-state index contributed by atoms with van der Waals surface area (Å²) in [5.41, 5.74) is -1.02. The van der Waals surface area contributed by atoms with Gasteiger partial charge in [0, 0.05) is 54.3 Å². The van der Waals surface area contributed by atoms with E-state index in [1.807, 2.05) is 6.92 Å². The molecule has 1 aliphatic heterocycles. The zero-order valence-corrected chi connectivity index (χ0v) is 21.2. The molecule has 0 aliphatic carbocycles. The number of benzene rings is 2. The molecule has 0 saturated heterocycles. The Kier molecular flexibility index (Phi) is 8.58. The van der Waals surface area contributed by atoms with Crippen molar-refractivity contribution < 1.29 is 27.5 Å². The van der Waals surface area contributed by atoms with Gasteiger partial charge in [0.05, 0.1) is 6.04 Å². The summed E-state index contributed by atoms with van der Waals surface area (Å²) in [5.74, 6) is -3.76. The van der Waals surface area contributed by atoms with E-state index in [1.54, 1.807) is 17.9 Å². The smallest absolute Gasteiger partial charge is 0.328 e. The third-order valence-corrected chi connectivity index (χ3v) is 6.25. The fourth-order valence-corrected chi connectivity index (χ4v) is 4.71. The molecule has 2 atom stereocenters. The molecule has 0 spiro atoms. The SMILES string of the molecule is CCN/C=C(\C=N)c1ccc2c(c1F)CC(C)N(CC(C)(C)F)C2c1c(F)cc(/C=C/C(=O)O)cc1F. The van der Waals surface area contributed by atoms with Gasteiger partial charge in [0.15, 0.2) is 0 Å². The number of halogens is 4. The Labute approximate surface area is 214 Å². The number of carbonyl (C=O) groups is 1. The Morgan fingerprint density at radius 3 is 2.43 bits per heavy atom. The summed E-state index contributed by atoms with van der Waals surface area (Å²) >= 11 is 0. The molecule has 2 aromatic carbocycles. The summed E-state index contributed by atoms with van der Waals surface area (Å²) in [5, 5.41) is 19.5. The zero-order valence-electron chi connectivity index (χ0n) is 21.2. The van der Waals surface area contributed by atoms with Gasteiger partial charge in [-0.15, -0.1) is 0 Å². The molecular formula is C28H31F4N3O2. The predicted octanol–water partition coefficient (Wildman–Crippen LogP) is 5.89. The third kappa shape index (κ3) is 6.28. The van der Waals surface area contributed by atoms with Gasteiger partial charge in [0.25, 0.3) is 0 Å². The number of nitrogens with one attached hydrogen (secondary N) is 2. The van der Waals surface area contributed by atoms with E-state index in [0.29, 0.717) is 17.7 Å². The van der Waals surface area contributed by atoms with Crippen molar-refractivity contribution in [2.24, 2.45) is 0 Å². The first kappa shape index (κ1) is 28.1. The monoisotopic (exact) mass is 517 g/mol. The first-order valence-electron chi connectivity index (χ1n) is 12.0. The summed E-state index contributed by atoms with van der Waals surface area (Å²) in [7, 11) is 0. The minimum Gasteiger partial charge on any atom is -0.478 e. The highest BCUT2D eigenvalue weighted by Crippen LogP contribution is 2.43. The minimum atomic E-state index is -1.71. The molecule has 2 unspecified atom stereocenters. The van der Waals surface area contributed by atoms with Crippen LogP contribution in [0.4, 0.5) is 17.6 Å². The van der Waals surface area contributed by atoms with Gasteiger partial charge in [-0.2, -0.15) is 0 Å². The number of aliphatic carboxylic acids is 1. The molecule has 198 valence electrons. The maximum absolute atomic E-state index is 15.9. The molecule has 0 fully saturated rings. The molecule has 0 amide bonds. The van der Waals surface area contributed by atoms with Gasteiger partial charge in [-0.3, -0.25) is 4.90 Å². The topological polar surface area (TPSA) is 76.4 Å². The molecule has 3 rings (SSSR count). The highest BCUT2D eigenvalue weighted by molar-refractivity contribution is 6.08. The average molecular weight is 518 g/mol. The summed E-state index contributed by atoms with van der Waals surface area (Å²) in [4.78, 5) is 12.4. The Morgan fingerprint density at radius 1 is 1.24 bits per heavy atom. The van der Waals surface area contributed by atoms with E-state index in [1.165, 1.54) is 26.1 Å². The summed E-state index contributed by atoms with van der Waals surface area (Å²) in [6.45, 7) is 6.76. The second kappa shape index (κ2) is 11.3. The minimum absolute atomic E-state index is 0.00770. The number of rotatable bonds is 9. The van der Waals surface area contributed by atoms with Crippen LogP contribution in [0.1, 0.15) is 61.6 Å². The standard InChI is InChI=1S/C28H31F4N3O2/c1-5-34-14-18(13-33)19-7-8-20-21(26(19)31)10-16(2)35(15-28(3,4)32)27(20)25-22(29)11-17(12-23(25)30)6-9-24(36)37/h6-9,11-14,16,27,33-34H,5,10,15H2,1-4H3,(H,36,37)/b9-6+,18-14+,33-13?. The molecule has 0 radical (unpaired) electrons. The second-order valence-electron chi connectivity index (χ2n) is 9.71. The maximum Gasteiger partial charge on any atom is 0.328 e. The average Bonchev–Trinajstić information content (AvgIpc) is 2.80. The molecule has 0 bridgehead atoms. The first-order chi connectivity index (χ1) is 17.4. The molecule has 1 aliphatic rings. The zero-order chi connectivity index (χ0) is 27.5. The number of alkyl halides is 1. The van der Waals surface area contributed by atoms with E-state index >= 15 is 13.2 Å². The fourth-order valence-electron chi connectivity index (χ4n) is 4.71. The van der Waals surface area contributed by atoms with E-state index < -0.39 is 41.2 Å². The van der Waals surface area contributed by atoms with Crippen LogP contribution in [-0.4, -0.2) is 47.0 Å². The largest absolute Gasteiger partial charge is 0.478 e. The Morgan fingerprint density at radius 2 is 1.89 bits per heavy atom. The summed E-state index contributed by atoms with van der Waals surface area (Å²) in [6.07, 6.45) is 4.57. The van der Waals surface area contributed by atoms with E-state index in [0.717, 1.165) is 30.5 Å². The van der Waals surface area contributed by atoms with E-state index in [4.69, 9.17) is 10.5 Å². The van der Waals surface area contributed by atoms with Gasteiger partial charge in [-0.25, -0.2) is 22.4 Å². The van der Waals surface area contributed by atoms with Crippen molar-refractivity contribution in [2.75, 3.05) is 13.1 Å². The van der Waals surface area contributed by atoms with Gasteiger partial charge < -0.3 is 15.8 Å². The molecule has 3 N–H and O–H groups in total. The van der Waals surface area contributed by atoms with Gasteiger partial charge in [0.2, 0.25) is 0 Å². The Bertz CT molecular complexity index is 1230. The Balaban J connectivity index is 2.24. The van der Waals surface area contributed by atoms with Crippen LogP contribution in [0.2, 0.25) is 0 Å². The van der Waals surface area contributed by atoms with Gasteiger partial charge >= 0.3 is 5.97 Å². The summed E-state index contributed by atoms with van der Waals surface area (Å²) in [6, 6.07) is 3.45. The van der Waals surface area contributed by atoms with Crippen LogP contribution in [-0.2, 0) is 11.2 Å². The van der Waals surface area contributed by atoms with Crippen LogP contribution in [0.25, 0.3) is 11.6 Å². The third-order valence-electron chi connectivity index (χ3n) is 6.25. The van der Waals surface area contributed by atoms with Gasteiger partial charge in [-0.1, -0.05) is 12.1 Å². The van der Waals surface area contributed by atoms with Crippen molar-refractivity contribution in [3.63, 3.8) is 0 Å². The molecule has 37 heavy (non-hydrogen) atoms. The lowest BCUT2D eigenvalue weighted by Crippen LogP contribution is -2.48. The number of allylic oxidation sites excluding steroid dienone is 1. The predicted molar refractivity (Wildman–Crippen MR) is 137 cm³/mol. The summed E-state index contributed by atoms with van der Waals surface area (Å²) < 4.78 is 61.7. The van der Waals surface area contributed by atoms with Crippen LogP contribution in [0.3, 0.4) is 0 Å². The highest BCUT2D eigenvalue weighted by Gasteiger charge is 2.40. The van der Waals surface area contributed by atoms with Crippen molar-refractivity contribution in [2.45, 2.75) is 51.9 Å². The number of carboxylic acids is 1. The molecule has 0 aromatic heterocycles. The van der Waals surface area contributed by atoms with Crippen LogP contribution in [0, 0.1) is 22.9 Å². The molecule has 5 nitrogen and oxygen atoms in total. The Hall–Kier alpha value is -3.46. The quantitative estimate of drug-likeness (QED) is 0.220. The van der Waals surface area contributed by atoms with Crippen molar-refractivity contribution in [1.82, 2.24) is 10.2 Å². The maximum atomic E-state index is 15.9. The number of hydrogen-bond acceptors (Lipinski definition) is 4. The van der Waals surface area contributed by atoms with E-state index in [2.05, 4.69) is 5.32 Å². The molecule has 0 saturated carbocycles. The van der Waals surface area contributed by atoms with Gasteiger partial charge in [-0.05, 0) is 69.0 Å². The second-order valence-corrected chi connectivity index (χ2v) is 9.71. The van der Waals surface area contributed by atoms with Gasteiger partial charge in [0.1, 0.15) is 23.1 Å². The fraction of sp³-hybridized carbons (Fsp3) is 0.357. The molecular weight excluding hydrogens is 486 g/mol. The van der Waals surface area contributed by atoms with E-state index in [9.17, 15) is 9.18 Å². The van der Waals surface area contributed by atoms with Crippen LogP contribution in [0.15, 0.2) is 36.5 Å². The van der Waals surface area contributed by atoms with Crippen molar-refractivity contribution in [1.29, 1.82) is 5.41 Å². The number of nitrogens with zero attached hydrogens (tertiary/aromatic N) is 1. The van der Waals surface area contributed by atoms with Crippen molar-refractivity contribution in [3.05, 3.63) is 81.8 Å². The van der Waals surface area contributed by atoms with Crippen molar-refractivity contribution >= 4 is 23.8 Å².